The maximum atomic E-state index is 6.11. The second-order valence-corrected chi connectivity index (χ2v) is 7.09. The van der Waals surface area contributed by atoms with E-state index in [1.54, 1.807) is 17.1 Å². The van der Waals surface area contributed by atoms with Crippen molar-refractivity contribution in [2.75, 3.05) is 6.61 Å². The third-order valence-corrected chi connectivity index (χ3v) is 5.02. The third-order valence-electron chi connectivity index (χ3n) is 5.02. The highest BCUT2D eigenvalue weighted by molar-refractivity contribution is 5.66. The zero-order chi connectivity index (χ0) is 18.4. The van der Waals surface area contributed by atoms with Crippen LogP contribution in [-0.4, -0.2) is 36.0 Å². The number of ether oxygens (including phenoxy) is 1. The molecule has 7 heteroatoms. The molecule has 0 unspecified atom stereocenters. The lowest BCUT2D eigenvalue weighted by atomic mass is 10.2. The fraction of sp³-hybridized carbons (Fsp3) is 0.300. The Morgan fingerprint density at radius 3 is 3.00 bits per heavy atom. The van der Waals surface area contributed by atoms with Gasteiger partial charge in [0.25, 0.3) is 0 Å². The molecule has 1 fully saturated rings. The van der Waals surface area contributed by atoms with Gasteiger partial charge in [0.05, 0.1) is 29.6 Å². The highest BCUT2D eigenvalue weighted by atomic mass is 16.5. The van der Waals surface area contributed by atoms with Crippen LogP contribution in [0.4, 0.5) is 0 Å². The predicted molar refractivity (Wildman–Crippen MR) is 101 cm³/mol. The van der Waals surface area contributed by atoms with Crippen LogP contribution in [0.25, 0.3) is 16.6 Å². The van der Waals surface area contributed by atoms with Gasteiger partial charge in [-0.05, 0) is 31.5 Å². The van der Waals surface area contributed by atoms with Gasteiger partial charge in [-0.1, -0.05) is 6.07 Å². The van der Waals surface area contributed by atoms with Crippen LogP contribution < -0.4 is 4.74 Å². The van der Waals surface area contributed by atoms with Crippen molar-refractivity contribution in [2.24, 2.45) is 13.0 Å². The van der Waals surface area contributed by atoms with Gasteiger partial charge in [-0.3, -0.25) is 4.68 Å². The molecule has 0 aromatic carbocycles. The molecule has 0 N–H and O–H groups in total. The van der Waals surface area contributed by atoms with Crippen molar-refractivity contribution < 1.29 is 4.74 Å². The number of fused-ring (bicyclic) bond motifs is 1. The fourth-order valence-electron chi connectivity index (χ4n) is 3.44. The van der Waals surface area contributed by atoms with E-state index in [2.05, 4.69) is 32.3 Å². The minimum Gasteiger partial charge on any atom is -0.477 e. The monoisotopic (exact) mass is 360 g/mol. The van der Waals surface area contributed by atoms with E-state index in [1.165, 1.54) is 0 Å². The summed E-state index contributed by atoms with van der Waals surface area (Å²) < 4.78 is 9.80. The van der Waals surface area contributed by atoms with Crippen molar-refractivity contribution >= 4 is 5.52 Å². The molecule has 4 aromatic heterocycles. The molecule has 1 aliphatic rings. The van der Waals surface area contributed by atoms with Crippen LogP contribution in [0.5, 0.6) is 5.88 Å². The van der Waals surface area contributed by atoms with E-state index in [-0.39, 0.29) is 0 Å². The Labute approximate surface area is 156 Å². The van der Waals surface area contributed by atoms with Crippen LogP contribution in [0.3, 0.4) is 0 Å². The first kappa shape index (κ1) is 16.0. The third kappa shape index (κ3) is 3.05. The first-order valence-electron chi connectivity index (χ1n) is 9.07. The van der Waals surface area contributed by atoms with Gasteiger partial charge in [0.1, 0.15) is 5.82 Å². The second kappa shape index (κ2) is 6.19. The largest absolute Gasteiger partial charge is 0.477 e. The van der Waals surface area contributed by atoms with E-state index in [0.29, 0.717) is 30.1 Å². The molecule has 0 spiro atoms. The Kier molecular flexibility index (Phi) is 3.67. The number of aryl methyl sites for hydroxylation is 2. The van der Waals surface area contributed by atoms with E-state index in [9.17, 15) is 0 Å². The van der Waals surface area contributed by atoms with Crippen LogP contribution in [0.2, 0.25) is 0 Å². The Balaban J connectivity index is 1.31. The van der Waals surface area contributed by atoms with Crippen molar-refractivity contribution in [3.05, 3.63) is 60.6 Å². The number of hydrogen-bond acceptors (Lipinski definition) is 5. The number of nitrogens with zero attached hydrogens (tertiary/aromatic N) is 6. The Hall–Kier alpha value is -3.22. The number of pyridine rings is 1. The van der Waals surface area contributed by atoms with Gasteiger partial charge in [-0.15, -0.1) is 0 Å². The molecule has 5 rings (SSSR count). The Bertz CT molecular complexity index is 1080. The topological polar surface area (TPSA) is 70.1 Å². The molecule has 0 amide bonds. The van der Waals surface area contributed by atoms with Crippen molar-refractivity contribution in [2.45, 2.75) is 19.3 Å². The van der Waals surface area contributed by atoms with Gasteiger partial charge in [0.2, 0.25) is 5.88 Å². The van der Waals surface area contributed by atoms with Gasteiger partial charge < -0.3 is 4.74 Å². The SMILES string of the molecule is Cc1ncc(-c2cnn(C)c2)c(OC[C@H]2C[C@@H]2c2cc3ccccn3n2)n1. The molecule has 0 aliphatic heterocycles. The molecule has 1 aliphatic carbocycles. The number of hydrogen-bond donors (Lipinski definition) is 0. The lowest BCUT2D eigenvalue weighted by Crippen LogP contribution is -2.05. The first-order valence-corrected chi connectivity index (χ1v) is 9.07. The van der Waals surface area contributed by atoms with Crippen LogP contribution in [0, 0.1) is 12.8 Å². The highest BCUT2D eigenvalue weighted by Crippen LogP contribution is 2.47. The Morgan fingerprint density at radius 2 is 2.19 bits per heavy atom. The van der Waals surface area contributed by atoms with Crippen molar-refractivity contribution in [1.82, 2.24) is 29.4 Å². The average molecular weight is 360 g/mol. The van der Waals surface area contributed by atoms with Crippen molar-refractivity contribution in [3.63, 3.8) is 0 Å². The molecule has 1 saturated carbocycles. The molecule has 2 atom stereocenters. The van der Waals surface area contributed by atoms with Crippen LogP contribution in [0.15, 0.2) is 49.1 Å². The molecule has 7 nitrogen and oxygen atoms in total. The quantitative estimate of drug-likeness (QED) is 0.547. The average Bonchev–Trinajstić information content (AvgIpc) is 3.10. The summed E-state index contributed by atoms with van der Waals surface area (Å²) in [6.45, 7) is 2.50. The summed E-state index contributed by atoms with van der Waals surface area (Å²) in [5.74, 6) is 2.24. The molecular formula is C20H20N6O. The molecule has 4 aromatic rings. The standard InChI is InChI=1S/C20H20N6O/c1-13-21-10-18(15-9-22-25(2)11-15)20(23-13)27-12-14-7-17(14)19-8-16-5-3-4-6-26(16)24-19/h3-6,8-11,14,17H,7,12H2,1-2H3/t14-,17+/m1/s1. The number of rotatable bonds is 5. The summed E-state index contributed by atoms with van der Waals surface area (Å²) in [5, 5.41) is 8.92. The lowest BCUT2D eigenvalue weighted by Gasteiger charge is -2.09. The highest BCUT2D eigenvalue weighted by Gasteiger charge is 2.41. The molecule has 4 heterocycles. The fourth-order valence-corrected chi connectivity index (χ4v) is 3.44. The second-order valence-electron chi connectivity index (χ2n) is 7.09. The minimum absolute atomic E-state index is 0.453. The summed E-state index contributed by atoms with van der Waals surface area (Å²) in [4.78, 5) is 8.82. The van der Waals surface area contributed by atoms with E-state index in [1.807, 2.05) is 43.0 Å². The maximum absolute atomic E-state index is 6.11. The minimum atomic E-state index is 0.453. The van der Waals surface area contributed by atoms with Crippen molar-refractivity contribution in [1.29, 1.82) is 0 Å². The van der Waals surface area contributed by atoms with E-state index < -0.39 is 0 Å². The first-order chi connectivity index (χ1) is 13.2. The smallest absolute Gasteiger partial charge is 0.224 e. The van der Waals surface area contributed by atoms with Crippen LogP contribution >= 0.6 is 0 Å². The van der Waals surface area contributed by atoms with Gasteiger partial charge in [-0.2, -0.15) is 15.2 Å². The van der Waals surface area contributed by atoms with Crippen LogP contribution in [0.1, 0.15) is 23.9 Å². The summed E-state index contributed by atoms with van der Waals surface area (Å²) >= 11 is 0. The molecule has 27 heavy (non-hydrogen) atoms. The molecule has 0 saturated heterocycles. The number of aromatic nitrogens is 6. The molecule has 0 radical (unpaired) electrons. The van der Waals surface area contributed by atoms with Crippen LogP contribution in [-0.2, 0) is 7.05 Å². The summed E-state index contributed by atoms with van der Waals surface area (Å²) in [6.07, 6.45) is 8.63. The molecule has 136 valence electrons. The maximum Gasteiger partial charge on any atom is 0.224 e. The molecule has 0 bridgehead atoms. The normalized spacial score (nSPS) is 18.7. The van der Waals surface area contributed by atoms with Gasteiger partial charge >= 0.3 is 0 Å². The zero-order valence-corrected chi connectivity index (χ0v) is 15.3. The summed E-state index contributed by atoms with van der Waals surface area (Å²) in [5.41, 5.74) is 4.10. The molecular weight excluding hydrogens is 340 g/mol. The Morgan fingerprint density at radius 1 is 1.26 bits per heavy atom. The van der Waals surface area contributed by atoms with Crippen molar-refractivity contribution in [3.8, 4) is 17.0 Å². The van der Waals surface area contributed by atoms with Gasteiger partial charge in [0.15, 0.2) is 0 Å². The summed E-state index contributed by atoms with van der Waals surface area (Å²) in [6, 6.07) is 8.27. The summed E-state index contributed by atoms with van der Waals surface area (Å²) in [7, 11) is 1.89. The van der Waals surface area contributed by atoms with E-state index in [0.717, 1.165) is 28.8 Å². The van der Waals surface area contributed by atoms with Gasteiger partial charge in [0, 0.05) is 43.0 Å². The van der Waals surface area contributed by atoms with E-state index >= 15 is 0 Å². The predicted octanol–water partition coefficient (Wildman–Crippen LogP) is 3.02. The lowest BCUT2D eigenvalue weighted by molar-refractivity contribution is 0.285. The van der Waals surface area contributed by atoms with Gasteiger partial charge in [-0.25, -0.2) is 9.50 Å². The zero-order valence-electron chi connectivity index (χ0n) is 15.3. The van der Waals surface area contributed by atoms with E-state index in [4.69, 9.17) is 4.74 Å².